The van der Waals surface area contributed by atoms with Gasteiger partial charge in [-0.2, -0.15) is 5.10 Å². The number of thioether (sulfide) groups is 1. The van der Waals surface area contributed by atoms with Crippen LogP contribution in [0.2, 0.25) is 0 Å². The average Bonchev–Trinajstić information content (AvgIpc) is 2.53. The van der Waals surface area contributed by atoms with Crippen molar-refractivity contribution in [3.63, 3.8) is 0 Å². The van der Waals surface area contributed by atoms with Crippen molar-refractivity contribution < 1.29 is 4.79 Å². The van der Waals surface area contributed by atoms with Gasteiger partial charge in [-0.3, -0.25) is 4.79 Å². The molecule has 0 spiro atoms. The molecule has 114 valence electrons. The Morgan fingerprint density at radius 1 is 1.32 bits per heavy atom. The average molecular weight is 378 g/mol. The number of halogens is 1. The molecular weight excluding hydrogens is 362 g/mol. The largest absolute Gasteiger partial charge is 0.272 e. The van der Waals surface area contributed by atoms with Crippen LogP contribution in [0.25, 0.3) is 0 Å². The van der Waals surface area contributed by atoms with Crippen molar-refractivity contribution in [2.24, 2.45) is 5.10 Å². The number of pyridine rings is 1. The van der Waals surface area contributed by atoms with Gasteiger partial charge < -0.3 is 0 Å². The summed E-state index contributed by atoms with van der Waals surface area (Å²) in [6, 6.07) is 13.4. The Labute approximate surface area is 142 Å². The van der Waals surface area contributed by atoms with Crippen LogP contribution in [0.4, 0.5) is 0 Å². The Morgan fingerprint density at radius 3 is 2.82 bits per heavy atom. The summed E-state index contributed by atoms with van der Waals surface area (Å²) in [4.78, 5) is 16.3. The standard InChI is InChI=1S/C16H16BrN3OS/c1-11(13-6-5-7-14(17)10-13)19-20-16(21)12(2)22-15-8-3-4-9-18-15/h3-10,12H,1-2H3,(H,20,21)/b19-11-/t12-/m0/s1. The van der Waals surface area contributed by atoms with Gasteiger partial charge >= 0.3 is 0 Å². The van der Waals surface area contributed by atoms with Crippen LogP contribution < -0.4 is 5.43 Å². The SMILES string of the molecule is C/C(=N/NC(=O)[C@H](C)Sc1ccccn1)c1cccc(Br)c1. The van der Waals surface area contributed by atoms with E-state index in [1.807, 2.05) is 56.3 Å². The van der Waals surface area contributed by atoms with Crippen molar-refractivity contribution in [1.82, 2.24) is 10.4 Å². The van der Waals surface area contributed by atoms with Crippen LogP contribution in [0.5, 0.6) is 0 Å². The van der Waals surface area contributed by atoms with Crippen LogP contribution in [0.3, 0.4) is 0 Å². The van der Waals surface area contributed by atoms with Gasteiger partial charge in [0.05, 0.1) is 16.0 Å². The highest BCUT2D eigenvalue weighted by molar-refractivity contribution is 9.10. The van der Waals surface area contributed by atoms with Crippen molar-refractivity contribution in [1.29, 1.82) is 0 Å². The second-order valence-electron chi connectivity index (χ2n) is 4.61. The molecular formula is C16H16BrN3OS. The first kappa shape index (κ1) is 16.7. The van der Waals surface area contributed by atoms with E-state index in [9.17, 15) is 4.79 Å². The van der Waals surface area contributed by atoms with E-state index in [-0.39, 0.29) is 11.2 Å². The maximum absolute atomic E-state index is 12.1. The molecule has 0 radical (unpaired) electrons. The lowest BCUT2D eigenvalue weighted by molar-refractivity contribution is -0.120. The zero-order valence-corrected chi connectivity index (χ0v) is 14.7. The minimum atomic E-state index is -0.269. The molecule has 0 saturated carbocycles. The lowest BCUT2D eigenvalue weighted by atomic mass is 10.1. The third-order valence-electron chi connectivity index (χ3n) is 2.88. The van der Waals surface area contributed by atoms with E-state index in [0.717, 1.165) is 20.8 Å². The Bertz CT molecular complexity index is 676. The summed E-state index contributed by atoms with van der Waals surface area (Å²) in [7, 11) is 0. The van der Waals surface area contributed by atoms with E-state index in [4.69, 9.17) is 0 Å². The molecule has 1 N–H and O–H groups in total. The van der Waals surface area contributed by atoms with Crippen LogP contribution in [-0.2, 0) is 4.79 Å². The molecule has 0 bridgehead atoms. The molecule has 1 atom stereocenters. The fourth-order valence-corrected chi connectivity index (χ4v) is 2.86. The summed E-state index contributed by atoms with van der Waals surface area (Å²) in [5, 5.41) is 4.71. The Balaban J connectivity index is 1.95. The second kappa shape index (κ2) is 8.10. The van der Waals surface area contributed by atoms with Crippen LogP contribution in [0, 0.1) is 0 Å². The quantitative estimate of drug-likeness (QED) is 0.488. The highest BCUT2D eigenvalue weighted by Gasteiger charge is 2.14. The van der Waals surface area contributed by atoms with Crippen LogP contribution >= 0.6 is 27.7 Å². The smallest absolute Gasteiger partial charge is 0.253 e. The topological polar surface area (TPSA) is 54.4 Å². The predicted molar refractivity (Wildman–Crippen MR) is 94.1 cm³/mol. The molecule has 0 aliphatic heterocycles. The molecule has 4 nitrogen and oxygen atoms in total. The van der Waals surface area contributed by atoms with Gasteiger partial charge in [0.15, 0.2) is 0 Å². The van der Waals surface area contributed by atoms with Gasteiger partial charge in [0, 0.05) is 10.7 Å². The molecule has 0 unspecified atom stereocenters. The Morgan fingerprint density at radius 2 is 2.14 bits per heavy atom. The first-order chi connectivity index (χ1) is 10.6. The fourth-order valence-electron chi connectivity index (χ4n) is 1.66. The summed E-state index contributed by atoms with van der Waals surface area (Å²) in [5.41, 5.74) is 4.32. The summed E-state index contributed by atoms with van der Waals surface area (Å²) in [5.74, 6) is -0.148. The highest BCUT2D eigenvalue weighted by Crippen LogP contribution is 2.20. The number of nitrogens with one attached hydrogen (secondary N) is 1. The van der Waals surface area contributed by atoms with Gasteiger partial charge in [-0.05, 0) is 43.7 Å². The predicted octanol–water partition coefficient (Wildman–Crippen LogP) is 3.87. The van der Waals surface area contributed by atoms with Crippen molar-refractivity contribution in [2.75, 3.05) is 0 Å². The van der Waals surface area contributed by atoms with Gasteiger partial charge in [-0.15, -0.1) is 0 Å². The lowest BCUT2D eigenvalue weighted by Crippen LogP contribution is -2.27. The Hall–Kier alpha value is -1.66. The molecule has 1 heterocycles. The normalized spacial score (nSPS) is 12.8. The third kappa shape index (κ3) is 4.96. The monoisotopic (exact) mass is 377 g/mol. The van der Waals surface area contributed by atoms with E-state index in [1.54, 1.807) is 6.20 Å². The number of aromatic nitrogens is 1. The minimum Gasteiger partial charge on any atom is -0.272 e. The molecule has 0 aliphatic rings. The first-order valence-corrected chi connectivity index (χ1v) is 8.41. The van der Waals surface area contributed by atoms with E-state index >= 15 is 0 Å². The molecule has 2 aromatic rings. The van der Waals surface area contributed by atoms with E-state index in [0.29, 0.717) is 0 Å². The van der Waals surface area contributed by atoms with Crippen molar-refractivity contribution in [3.8, 4) is 0 Å². The molecule has 0 aliphatic carbocycles. The van der Waals surface area contributed by atoms with Gasteiger partial charge in [0.2, 0.25) is 0 Å². The number of hydrazone groups is 1. The number of hydrogen-bond acceptors (Lipinski definition) is 4. The number of rotatable bonds is 5. The summed E-state index contributed by atoms with van der Waals surface area (Å²) in [6.07, 6.45) is 1.71. The number of benzene rings is 1. The van der Waals surface area contributed by atoms with E-state index in [1.165, 1.54) is 11.8 Å². The Kier molecular flexibility index (Phi) is 6.15. The number of nitrogens with zero attached hydrogens (tertiary/aromatic N) is 2. The molecule has 6 heteroatoms. The maximum Gasteiger partial charge on any atom is 0.253 e. The summed E-state index contributed by atoms with van der Waals surface area (Å²) >= 11 is 4.82. The number of carbonyl (C=O) groups is 1. The molecule has 0 saturated heterocycles. The van der Waals surface area contributed by atoms with Crippen LogP contribution in [-0.4, -0.2) is 21.9 Å². The third-order valence-corrected chi connectivity index (χ3v) is 4.42. The molecule has 1 aromatic carbocycles. The highest BCUT2D eigenvalue weighted by atomic mass is 79.9. The molecule has 1 amide bonds. The summed E-state index contributed by atoms with van der Waals surface area (Å²) in [6.45, 7) is 3.69. The molecule has 2 rings (SSSR count). The van der Waals surface area contributed by atoms with E-state index < -0.39 is 0 Å². The van der Waals surface area contributed by atoms with Crippen molar-refractivity contribution in [3.05, 3.63) is 58.7 Å². The van der Waals surface area contributed by atoms with Gasteiger partial charge in [-0.1, -0.05) is 45.9 Å². The van der Waals surface area contributed by atoms with Gasteiger partial charge in [0.25, 0.3) is 5.91 Å². The lowest BCUT2D eigenvalue weighted by Gasteiger charge is -2.09. The molecule has 1 aromatic heterocycles. The zero-order chi connectivity index (χ0) is 15.9. The second-order valence-corrected chi connectivity index (χ2v) is 6.89. The maximum atomic E-state index is 12.1. The van der Waals surface area contributed by atoms with Crippen LogP contribution in [0.15, 0.2) is 63.3 Å². The summed E-state index contributed by atoms with van der Waals surface area (Å²) < 4.78 is 0.977. The van der Waals surface area contributed by atoms with Crippen molar-refractivity contribution in [2.45, 2.75) is 24.1 Å². The first-order valence-electron chi connectivity index (χ1n) is 6.74. The molecule has 0 fully saturated rings. The number of hydrogen-bond donors (Lipinski definition) is 1. The van der Waals surface area contributed by atoms with Crippen molar-refractivity contribution >= 4 is 39.3 Å². The van der Waals surface area contributed by atoms with Gasteiger partial charge in [-0.25, -0.2) is 10.4 Å². The minimum absolute atomic E-state index is 0.148. The van der Waals surface area contributed by atoms with Gasteiger partial charge in [0.1, 0.15) is 0 Å². The number of carbonyl (C=O) groups excluding carboxylic acids is 1. The fraction of sp³-hybridized carbons (Fsp3) is 0.188. The van der Waals surface area contributed by atoms with Crippen LogP contribution in [0.1, 0.15) is 19.4 Å². The molecule has 22 heavy (non-hydrogen) atoms. The van der Waals surface area contributed by atoms with E-state index in [2.05, 4.69) is 31.4 Å². The zero-order valence-electron chi connectivity index (χ0n) is 12.3. The number of amides is 1.